The largest absolute Gasteiger partial charge is 0.378 e. The molecule has 4 nitrogen and oxygen atoms in total. The van der Waals surface area contributed by atoms with E-state index in [0.29, 0.717) is 16.7 Å². The molecule has 1 N–H and O–H groups in total. The Labute approximate surface area is 123 Å². The second kappa shape index (κ2) is 5.20. The molecule has 0 bridgehead atoms. The van der Waals surface area contributed by atoms with Gasteiger partial charge < -0.3 is 5.32 Å². The third kappa shape index (κ3) is 2.51. The first-order valence-corrected chi connectivity index (χ1v) is 6.91. The molecule has 2 aromatic heterocycles. The van der Waals surface area contributed by atoms with Crippen molar-refractivity contribution in [3.05, 3.63) is 58.2 Å². The molecule has 0 aliphatic rings. The summed E-state index contributed by atoms with van der Waals surface area (Å²) in [4.78, 5) is 4.31. The quantitative estimate of drug-likeness (QED) is 0.796. The number of benzene rings is 1. The molecule has 0 atom stereocenters. The predicted octanol–water partition coefficient (Wildman–Crippen LogP) is 3.55. The summed E-state index contributed by atoms with van der Waals surface area (Å²) < 4.78 is 16.1. The lowest BCUT2D eigenvalue weighted by Crippen LogP contribution is -2.04. The van der Waals surface area contributed by atoms with Gasteiger partial charge >= 0.3 is 0 Å². The molecule has 0 spiro atoms. The van der Waals surface area contributed by atoms with Gasteiger partial charge in [0.1, 0.15) is 5.82 Å². The molecule has 102 valence electrons. The molecular weight excluding hydrogens is 323 g/mol. The van der Waals surface area contributed by atoms with Gasteiger partial charge in [-0.2, -0.15) is 5.10 Å². The molecular formula is C14H12BrFN4. The highest BCUT2D eigenvalue weighted by Gasteiger charge is 2.06. The first kappa shape index (κ1) is 13.1. The predicted molar refractivity (Wildman–Crippen MR) is 79.2 cm³/mol. The maximum Gasteiger partial charge on any atom is 0.155 e. The Balaban J connectivity index is 1.83. The first-order valence-electron chi connectivity index (χ1n) is 6.12. The van der Waals surface area contributed by atoms with Gasteiger partial charge in [0.25, 0.3) is 0 Å². The van der Waals surface area contributed by atoms with Gasteiger partial charge in [-0.25, -0.2) is 13.9 Å². The maximum absolute atomic E-state index is 13.7. The van der Waals surface area contributed by atoms with Gasteiger partial charge in [0.15, 0.2) is 5.65 Å². The van der Waals surface area contributed by atoms with Gasteiger partial charge in [-0.1, -0.05) is 6.07 Å². The van der Waals surface area contributed by atoms with E-state index in [1.807, 2.05) is 19.2 Å². The fraction of sp³-hybridized carbons (Fsp3) is 0.143. The van der Waals surface area contributed by atoms with E-state index in [9.17, 15) is 4.39 Å². The van der Waals surface area contributed by atoms with E-state index < -0.39 is 0 Å². The minimum Gasteiger partial charge on any atom is -0.378 e. The number of hydrogen-bond donors (Lipinski definition) is 1. The van der Waals surface area contributed by atoms with Crippen molar-refractivity contribution < 1.29 is 4.39 Å². The highest BCUT2D eigenvalue weighted by molar-refractivity contribution is 9.10. The Morgan fingerprint density at radius 2 is 2.25 bits per heavy atom. The van der Waals surface area contributed by atoms with Crippen LogP contribution >= 0.6 is 15.9 Å². The third-order valence-corrected chi connectivity index (χ3v) is 3.58. The summed E-state index contributed by atoms with van der Waals surface area (Å²) in [6.07, 6.45) is 3.65. The average molecular weight is 335 g/mol. The van der Waals surface area contributed by atoms with Gasteiger partial charge in [0.2, 0.25) is 0 Å². The molecule has 0 saturated heterocycles. The van der Waals surface area contributed by atoms with E-state index in [4.69, 9.17) is 0 Å². The van der Waals surface area contributed by atoms with E-state index >= 15 is 0 Å². The van der Waals surface area contributed by atoms with Crippen LogP contribution in [0, 0.1) is 12.7 Å². The lowest BCUT2D eigenvalue weighted by Gasteiger charge is -2.09. The van der Waals surface area contributed by atoms with Gasteiger partial charge in [-0.3, -0.25) is 0 Å². The fourth-order valence-corrected chi connectivity index (χ4v) is 2.46. The standard InChI is InChI=1S/C14H12BrFN4/c1-9-5-13-17-6-10(8-20(13)19-9)7-18-14-11(15)3-2-4-12(14)16/h2-6,8,18H,7H2,1H3. The molecule has 0 saturated carbocycles. The number of hydrogen-bond acceptors (Lipinski definition) is 3. The van der Waals surface area contributed by atoms with Crippen molar-refractivity contribution in [2.45, 2.75) is 13.5 Å². The van der Waals surface area contributed by atoms with Crippen LogP contribution < -0.4 is 5.32 Å². The minimum absolute atomic E-state index is 0.289. The molecule has 0 amide bonds. The SMILES string of the molecule is Cc1cc2ncc(CNc3c(F)cccc3Br)cn2n1. The van der Waals surface area contributed by atoms with Crippen LogP contribution in [0.15, 0.2) is 41.1 Å². The van der Waals surface area contributed by atoms with E-state index in [0.717, 1.165) is 16.9 Å². The average Bonchev–Trinajstić information content (AvgIpc) is 2.77. The zero-order valence-corrected chi connectivity index (χ0v) is 12.4. The summed E-state index contributed by atoms with van der Waals surface area (Å²) in [6.45, 7) is 2.39. The zero-order chi connectivity index (χ0) is 14.1. The van der Waals surface area contributed by atoms with Crippen LogP contribution in [0.5, 0.6) is 0 Å². The number of para-hydroxylation sites is 1. The number of fused-ring (bicyclic) bond motifs is 1. The van der Waals surface area contributed by atoms with E-state index in [-0.39, 0.29) is 5.82 Å². The molecule has 0 aliphatic heterocycles. The summed E-state index contributed by atoms with van der Waals surface area (Å²) >= 11 is 3.33. The lowest BCUT2D eigenvalue weighted by atomic mass is 10.3. The van der Waals surface area contributed by atoms with Crippen molar-refractivity contribution in [1.82, 2.24) is 14.6 Å². The third-order valence-electron chi connectivity index (χ3n) is 2.92. The van der Waals surface area contributed by atoms with Crippen molar-refractivity contribution in [2.24, 2.45) is 0 Å². The topological polar surface area (TPSA) is 42.2 Å². The van der Waals surface area contributed by atoms with Crippen LogP contribution in [0.3, 0.4) is 0 Å². The second-order valence-electron chi connectivity index (χ2n) is 4.50. The van der Waals surface area contributed by atoms with E-state index in [1.54, 1.807) is 22.8 Å². The summed E-state index contributed by atoms with van der Waals surface area (Å²) in [6, 6.07) is 6.78. The highest BCUT2D eigenvalue weighted by Crippen LogP contribution is 2.25. The Hall–Kier alpha value is -1.95. The van der Waals surface area contributed by atoms with Crippen molar-refractivity contribution in [2.75, 3.05) is 5.32 Å². The Morgan fingerprint density at radius 1 is 1.40 bits per heavy atom. The van der Waals surface area contributed by atoms with Crippen LogP contribution in [0.4, 0.5) is 10.1 Å². The molecule has 6 heteroatoms. The van der Waals surface area contributed by atoms with Crippen molar-refractivity contribution in [3.63, 3.8) is 0 Å². The Morgan fingerprint density at radius 3 is 3.05 bits per heavy atom. The monoisotopic (exact) mass is 334 g/mol. The normalized spacial score (nSPS) is 10.9. The molecule has 0 fully saturated rings. The van der Waals surface area contributed by atoms with E-state index in [2.05, 4.69) is 31.3 Å². The fourth-order valence-electron chi connectivity index (χ4n) is 1.98. The molecule has 1 aromatic carbocycles. The highest BCUT2D eigenvalue weighted by atomic mass is 79.9. The number of nitrogens with one attached hydrogen (secondary N) is 1. The molecule has 0 aliphatic carbocycles. The van der Waals surface area contributed by atoms with Crippen LogP contribution in [-0.2, 0) is 6.54 Å². The number of halogens is 2. The summed E-state index contributed by atoms with van der Waals surface area (Å²) in [5.41, 5.74) is 3.10. The smallest absolute Gasteiger partial charge is 0.155 e. The first-order chi connectivity index (χ1) is 9.63. The van der Waals surface area contributed by atoms with Crippen molar-refractivity contribution >= 4 is 27.3 Å². The second-order valence-corrected chi connectivity index (χ2v) is 5.36. The molecule has 3 rings (SSSR count). The summed E-state index contributed by atoms with van der Waals surface area (Å²) in [5.74, 6) is -0.289. The molecule has 3 aromatic rings. The maximum atomic E-state index is 13.7. The number of rotatable bonds is 3. The van der Waals surface area contributed by atoms with Gasteiger partial charge in [-0.05, 0) is 35.0 Å². The van der Waals surface area contributed by atoms with E-state index in [1.165, 1.54) is 6.07 Å². The Kier molecular flexibility index (Phi) is 3.40. The Bertz CT molecular complexity index is 749. The summed E-state index contributed by atoms with van der Waals surface area (Å²) in [7, 11) is 0. The van der Waals surface area contributed by atoms with Crippen LogP contribution in [0.2, 0.25) is 0 Å². The summed E-state index contributed by atoms with van der Waals surface area (Å²) in [5, 5.41) is 7.37. The van der Waals surface area contributed by atoms with Gasteiger partial charge in [0.05, 0.1) is 11.4 Å². The number of aryl methyl sites for hydroxylation is 1. The number of anilines is 1. The van der Waals surface area contributed by atoms with Crippen LogP contribution in [-0.4, -0.2) is 14.6 Å². The van der Waals surface area contributed by atoms with Crippen molar-refractivity contribution in [1.29, 1.82) is 0 Å². The molecule has 0 radical (unpaired) electrons. The van der Waals surface area contributed by atoms with Crippen LogP contribution in [0.25, 0.3) is 5.65 Å². The molecule has 0 unspecified atom stereocenters. The lowest BCUT2D eigenvalue weighted by molar-refractivity contribution is 0.629. The molecule has 2 heterocycles. The number of aromatic nitrogens is 3. The number of nitrogens with zero attached hydrogens (tertiary/aromatic N) is 3. The van der Waals surface area contributed by atoms with Crippen molar-refractivity contribution in [3.8, 4) is 0 Å². The minimum atomic E-state index is -0.289. The van der Waals surface area contributed by atoms with Crippen LogP contribution in [0.1, 0.15) is 11.3 Å². The zero-order valence-electron chi connectivity index (χ0n) is 10.8. The van der Waals surface area contributed by atoms with Gasteiger partial charge in [0, 0.05) is 35.0 Å². The molecule has 20 heavy (non-hydrogen) atoms. The van der Waals surface area contributed by atoms with Gasteiger partial charge in [-0.15, -0.1) is 0 Å².